The summed E-state index contributed by atoms with van der Waals surface area (Å²) in [7, 11) is 0. The number of rotatable bonds is 7. The minimum Gasteiger partial charge on any atom is -0.491 e. The van der Waals surface area contributed by atoms with Gasteiger partial charge < -0.3 is 24.9 Å². The number of carbonyl (C=O) groups excluding carboxylic acids is 1. The van der Waals surface area contributed by atoms with E-state index >= 15 is 0 Å². The monoisotopic (exact) mass is 332 g/mol. The molecule has 0 aliphatic rings. The van der Waals surface area contributed by atoms with Crippen LogP contribution in [0.5, 0.6) is 5.75 Å². The van der Waals surface area contributed by atoms with Crippen molar-refractivity contribution < 1.29 is 19.1 Å². The average molecular weight is 332 g/mol. The van der Waals surface area contributed by atoms with Crippen molar-refractivity contribution in [1.82, 2.24) is 10.6 Å². The number of ether oxygens (including phenoxy) is 1. The summed E-state index contributed by atoms with van der Waals surface area (Å²) >= 11 is 0. The van der Waals surface area contributed by atoms with Crippen molar-refractivity contribution in [2.24, 2.45) is 0 Å². The second-order valence-corrected chi connectivity index (χ2v) is 5.87. The van der Waals surface area contributed by atoms with Crippen LogP contribution in [0.15, 0.2) is 41.0 Å². The van der Waals surface area contributed by atoms with Gasteiger partial charge in [0.2, 0.25) is 0 Å². The SMILES string of the molecule is Cc1ccc(CNC(=O)NCC(O)c2ccco2)c(OC(C)C)c1. The summed E-state index contributed by atoms with van der Waals surface area (Å²) in [5, 5.41) is 15.2. The van der Waals surface area contributed by atoms with Crippen LogP contribution in [0.2, 0.25) is 0 Å². The maximum Gasteiger partial charge on any atom is 0.315 e. The predicted molar refractivity (Wildman–Crippen MR) is 90.8 cm³/mol. The maximum absolute atomic E-state index is 11.9. The average Bonchev–Trinajstić information content (AvgIpc) is 3.05. The first-order valence-electron chi connectivity index (χ1n) is 7.95. The van der Waals surface area contributed by atoms with Crippen molar-refractivity contribution in [2.45, 2.75) is 39.5 Å². The Labute approximate surface area is 141 Å². The Hall–Kier alpha value is -2.47. The standard InChI is InChI=1S/C18H24N2O4/c1-12(2)24-17-9-13(3)6-7-14(17)10-19-18(22)20-11-15(21)16-5-4-8-23-16/h4-9,12,15,21H,10-11H2,1-3H3,(H2,19,20,22). The summed E-state index contributed by atoms with van der Waals surface area (Å²) in [5.74, 6) is 1.18. The number of hydrogen-bond donors (Lipinski definition) is 3. The zero-order valence-corrected chi connectivity index (χ0v) is 14.2. The lowest BCUT2D eigenvalue weighted by molar-refractivity contribution is 0.148. The quantitative estimate of drug-likeness (QED) is 0.728. The molecule has 0 spiro atoms. The third-order valence-electron chi connectivity index (χ3n) is 3.35. The lowest BCUT2D eigenvalue weighted by Gasteiger charge is -2.16. The summed E-state index contributed by atoms with van der Waals surface area (Å²) in [4.78, 5) is 11.9. The zero-order valence-electron chi connectivity index (χ0n) is 14.2. The highest BCUT2D eigenvalue weighted by molar-refractivity contribution is 5.73. The fraction of sp³-hybridized carbons (Fsp3) is 0.389. The summed E-state index contributed by atoms with van der Waals surface area (Å²) in [6.07, 6.45) is 0.666. The van der Waals surface area contributed by atoms with E-state index in [4.69, 9.17) is 9.15 Å². The van der Waals surface area contributed by atoms with Crippen LogP contribution in [0.25, 0.3) is 0 Å². The highest BCUT2D eigenvalue weighted by Crippen LogP contribution is 2.21. The van der Waals surface area contributed by atoms with Crippen molar-refractivity contribution in [3.8, 4) is 5.75 Å². The normalized spacial score (nSPS) is 12.0. The third kappa shape index (κ3) is 5.31. The number of nitrogens with one attached hydrogen (secondary N) is 2. The van der Waals surface area contributed by atoms with Crippen molar-refractivity contribution in [3.63, 3.8) is 0 Å². The van der Waals surface area contributed by atoms with Gasteiger partial charge in [-0.05, 0) is 44.5 Å². The molecule has 130 valence electrons. The summed E-state index contributed by atoms with van der Waals surface area (Å²) in [5.41, 5.74) is 2.00. The number of aliphatic hydroxyl groups excluding tert-OH is 1. The van der Waals surface area contributed by atoms with Gasteiger partial charge in [-0.15, -0.1) is 0 Å². The summed E-state index contributed by atoms with van der Waals surface area (Å²) in [6, 6.07) is 8.85. The number of furan rings is 1. The number of benzene rings is 1. The predicted octanol–water partition coefficient (Wildman–Crippen LogP) is 2.91. The van der Waals surface area contributed by atoms with E-state index in [2.05, 4.69) is 10.6 Å². The van der Waals surface area contributed by atoms with Crippen LogP contribution in [0.1, 0.15) is 36.8 Å². The molecule has 6 heteroatoms. The summed E-state index contributed by atoms with van der Waals surface area (Å²) in [6.45, 7) is 6.32. The molecular formula is C18H24N2O4. The smallest absolute Gasteiger partial charge is 0.315 e. The highest BCUT2D eigenvalue weighted by atomic mass is 16.5. The number of amides is 2. The van der Waals surface area contributed by atoms with Crippen LogP contribution in [0.4, 0.5) is 4.79 Å². The Balaban J connectivity index is 1.85. The second-order valence-electron chi connectivity index (χ2n) is 5.87. The van der Waals surface area contributed by atoms with Crippen molar-refractivity contribution in [1.29, 1.82) is 0 Å². The number of aryl methyl sites for hydroxylation is 1. The van der Waals surface area contributed by atoms with Crippen LogP contribution in [0, 0.1) is 6.92 Å². The molecule has 1 aromatic carbocycles. The number of urea groups is 1. The molecule has 1 heterocycles. The molecule has 0 saturated carbocycles. The molecule has 1 atom stereocenters. The van der Waals surface area contributed by atoms with Gasteiger partial charge in [0.05, 0.1) is 18.9 Å². The van der Waals surface area contributed by atoms with Crippen LogP contribution in [0.3, 0.4) is 0 Å². The third-order valence-corrected chi connectivity index (χ3v) is 3.35. The van der Waals surface area contributed by atoms with Crippen LogP contribution < -0.4 is 15.4 Å². The van der Waals surface area contributed by atoms with E-state index in [-0.39, 0.29) is 18.7 Å². The Morgan fingerprint density at radius 3 is 2.75 bits per heavy atom. The van der Waals surface area contributed by atoms with Gasteiger partial charge in [-0.1, -0.05) is 12.1 Å². The number of hydrogen-bond acceptors (Lipinski definition) is 4. The molecular weight excluding hydrogens is 308 g/mol. The minimum absolute atomic E-state index is 0.0582. The Morgan fingerprint density at radius 2 is 2.08 bits per heavy atom. The van der Waals surface area contributed by atoms with Gasteiger partial charge in [-0.3, -0.25) is 0 Å². The molecule has 3 N–H and O–H groups in total. The van der Waals surface area contributed by atoms with Crippen LogP contribution in [-0.2, 0) is 6.54 Å². The van der Waals surface area contributed by atoms with Gasteiger partial charge in [0.15, 0.2) is 0 Å². The van der Waals surface area contributed by atoms with E-state index in [0.29, 0.717) is 12.3 Å². The fourth-order valence-electron chi connectivity index (χ4n) is 2.18. The summed E-state index contributed by atoms with van der Waals surface area (Å²) < 4.78 is 10.9. The first-order chi connectivity index (χ1) is 11.5. The molecule has 2 amide bonds. The minimum atomic E-state index is -0.870. The Morgan fingerprint density at radius 1 is 1.29 bits per heavy atom. The van der Waals surface area contributed by atoms with Gasteiger partial charge in [0.25, 0.3) is 0 Å². The molecule has 0 radical (unpaired) electrons. The zero-order chi connectivity index (χ0) is 17.5. The molecule has 2 rings (SSSR count). The number of aliphatic hydroxyl groups is 1. The van der Waals surface area contributed by atoms with Gasteiger partial charge >= 0.3 is 6.03 Å². The molecule has 0 aliphatic carbocycles. The van der Waals surface area contributed by atoms with Gasteiger partial charge in [0, 0.05) is 12.1 Å². The molecule has 0 saturated heterocycles. The van der Waals surface area contributed by atoms with Gasteiger partial charge in [-0.2, -0.15) is 0 Å². The molecule has 0 fully saturated rings. The molecule has 24 heavy (non-hydrogen) atoms. The van der Waals surface area contributed by atoms with Gasteiger partial charge in [0.1, 0.15) is 17.6 Å². The first kappa shape index (κ1) is 17.9. The van der Waals surface area contributed by atoms with E-state index in [1.807, 2.05) is 39.0 Å². The van der Waals surface area contributed by atoms with Gasteiger partial charge in [-0.25, -0.2) is 4.79 Å². The van der Waals surface area contributed by atoms with Crippen LogP contribution in [-0.4, -0.2) is 23.8 Å². The van der Waals surface area contributed by atoms with Crippen LogP contribution >= 0.6 is 0 Å². The molecule has 6 nitrogen and oxygen atoms in total. The second kappa shape index (κ2) is 8.40. The first-order valence-corrected chi connectivity index (χ1v) is 7.95. The fourth-order valence-corrected chi connectivity index (χ4v) is 2.18. The Kier molecular flexibility index (Phi) is 6.26. The maximum atomic E-state index is 11.9. The van der Waals surface area contributed by atoms with E-state index < -0.39 is 6.10 Å². The number of carbonyl (C=O) groups is 1. The Bertz CT molecular complexity index is 653. The van der Waals surface area contributed by atoms with E-state index in [1.54, 1.807) is 12.1 Å². The van der Waals surface area contributed by atoms with E-state index in [1.165, 1.54) is 6.26 Å². The largest absolute Gasteiger partial charge is 0.491 e. The molecule has 2 aromatic rings. The van der Waals surface area contributed by atoms with E-state index in [0.717, 1.165) is 16.9 Å². The van der Waals surface area contributed by atoms with Crippen molar-refractivity contribution in [2.75, 3.05) is 6.54 Å². The van der Waals surface area contributed by atoms with Crippen molar-refractivity contribution >= 4 is 6.03 Å². The highest BCUT2D eigenvalue weighted by Gasteiger charge is 2.12. The molecule has 0 bridgehead atoms. The molecule has 1 unspecified atom stereocenters. The van der Waals surface area contributed by atoms with E-state index in [9.17, 15) is 9.90 Å². The lowest BCUT2D eigenvalue weighted by Crippen LogP contribution is -2.37. The molecule has 1 aromatic heterocycles. The topological polar surface area (TPSA) is 83.7 Å². The van der Waals surface area contributed by atoms with Crippen molar-refractivity contribution in [3.05, 3.63) is 53.5 Å². The molecule has 0 aliphatic heterocycles. The lowest BCUT2D eigenvalue weighted by atomic mass is 10.1.